The van der Waals surface area contributed by atoms with Crippen LogP contribution in [0.3, 0.4) is 0 Å². The van der Waals surface area contributed by atoms with Crippen LogP contribution in [-0.4, -0.2) is 31.9 Å². The summed E-state index contributed by atoms with van der Waals surface area (Å²) in [5, 5.41) is 12.6. The molecule has 0 fully saturated rings. The number of unbranched alkanes of at least 4 members (excludes halogenated alkanes) is 1. The number of rotatable bonds is 8. The zero-order valence-electron chi connectivity index (χ0n) is 9.91. The Bertz CT molecular complexity index is 289. The van der Waals surface area contributed by atoms with E-state index in [2.05, 4.69) is 11.4 Å². The minimum Gasteiger partial charge on any atom is -0.508 e. The van der Waals surface area contributed by atoms with Crippen molar-refractivity contribution in [3.63, 3.8) is 0 Å². The number of aromatic hydroxyl groups is 1. The maximum absolute atomic E-state index is 9.29. The Morgan fingerprint density at radius 2 is 2.12 bits per heavy atom. The van der Waals surface area contributed by atoms with E-state index >= 15 is 0 Å². The first-order chi connectivity index (χ1) is 7.83. The molecule has 90 valence electrons. The molecule has 1 rings (SSSR count). The van der Waals surface area contributed by atoms with E-state index < -0.39 is 0 Å². The van der Waals surface area contributed by atoms with Crippen LogP contribution in [0.1, 0.15) is 18.4 Å². The van der Waals surface area contributed by atoms with Gasteiger partial charge in [0, 0.05) is 13.7 Å². The summed E-state index contributed by atoms with van der Waals surface area (Å²) in [6.07, 6.45) is 3.32. The van der Waals surface area contributed by atoms with Gasteiger partial charge in [-0.25, -0.2) is 0 Å². The van der Waals surface area contributed by atoms with E-state index in [9.17, 15) is 5.11 Å². The van der Waals surface area contributed by atoms with Gasteiger partial charge in [-0.2, -0.15) is 0 Å². The van der Waals surface area contributed by atoms with Gasteiger partial charge in [-0.1, -0.05) is 12.1 Å². The lowest BCUT2D eigenvalue weighted by Crippen LogP contribution is -2.20. The lowest BCUT2D eigenvalue weighted by molar-refractivity contribution is 0.199. The fourth-order valence-corrected chi connectivity index (χ4v) is 1.59. The number of aryl methyl sites for hydroxylation is 1. The summed E-state index contributed by atoms with van der Waals surface area (Å²) in [5.41, 5.74) is 1.21. The van der Waals surface area contributed by atoms with E-state index in [1.807, 2.05) is 12.1 Å². The van der Waals surface area contributed by atoms with Gasteiger partial charge >= 0.3 is 0 Å². The first kappa shape index (κ1) is 13.0. The molecule has 0 heterocycles. The fraction of sp³-hybridized carbons (Fsp3) is 0.538. The molecule has 3 nitrogen and oxygen atoms in total. The van der Waals surface area contributed by atoms with Crippen molar-refractivity contribution in [1.82, 2.24) is 5.32 Å². The van der Waals surface area contributed by atoms with Gasteiger partial charge < -0.3 is 15.2 Å². The van der Waals surface area contributed by atoms with E-state index in [0.29, 0.717) is 5.75 Å². The first-order valence-electron chi connectivity index (χ1n) is 5.80. The number of phenols is 1. The summed E-state index contributed by atoms with van der Waals surface area (Å²) < 4.78 is 4.94. The molecule has 0 bridgehead atoms. The number of ether oxygens (including phenoxy) is 1. The number of hydrogen-bond acceptors (Lipinski definition) is 3. The van der Waals surface area contributed by atoms with E-state index in [0.717, 1.165) is 39.0 Å². The molecular weight excluding hydrogens is 202 g/mol. The summed E-state index contributed by atoms with van der Waals surface area (Å²) in [6, 6.07) is 7.48. The smallest absolute Gasteiger partial charge is 0.115 e. The number of benzene rings is 1. The molecule has 1 aromatic carbocycles. The van der Waals surface area contributed by atoms with Gasteiger partial charge in [0.15, 0.2) is 0 Å². The summed E-state index contributed by atoms with van der Waals surface area (Å²) >= 11 is 0. The third-order valence-corrected chi connectivity index (χ3v) is 2.46. The van der Waals surface area contributed by atoms with Gasteiger partial charge in [0.25, 0.3) is 0 Å². The molecule has 0 radical (unpaired) electrons. The largest absolute Gasteiger partial charge is 0.508 e. The quantitative estimate of drug-likeness (QED) is 0.662. The average molecular weight is 223 g/mol. The van der Waals surface area contributed by atoms with Gasteiger partial charge in [-0.3, -0.25) is 0 Å². The fourth-order valence-electron chi connectivity index (χ4n) is 1.59. The predicted molar refractivity (Wildman–Crippen MR) is 65.8 cm³/mol. The number of hydrogen-bond donors (Lipinski definition) is 2. The van der Waals surface area contributed by atoms with Crippen molar-refractivity contribution in [3.8, 4) is 5.75 Å². The van der Waals surface area contributed by atoms with E-state index in [1.165, 1.54) is 5.56 Å². The second-order valence-corrected chi connectivity index (χ2v) is 3.87. The van der Waals surface area contributed by atoms with Crippen molar-refractivity contribution in [2.75, 3.05) is 26.8 Å². The molecular formula is C13H21NO2. The van der Waals surface area contributed by atoms with Crippen molar-refractivity contribution in [1.29, 1.82) is 0 Å². The van der Waals surface area contributed by atoms with Crippen LogP contribution in [0, 0.1) is 0 Å². The highest BCUT2D eigenvalue weighted by atomic mass is 16.5. The Morgan fingerprint density at radius 3 is 2.88 bits per heavy atom. The molecule has 16 heavy (non-hydrogen) atoms. The third-order valence-electron chi connectivity index (χ3n) is 2.46. The van der Waals surface area contributed by atoms with Gasteiger partial charge in [-0.05, 0) is 43.5 Å². The Morgan fingerprint density at radius 1 is 1.25 bits per heavy atom. The Labute approximate surface area is 97.4 Å². The van der Waals surface area contributed by atoms with Gasteiger partial charge in [-0.15, -0.1) is 0 Å². The maximum atomic E-state index is 9.29. The first-order valence-corrected chi connectivity index (χ1v) is 5.80. The van der Waals surface area contributed by atoms with Gasteiger partial charge in [0.2, 0.25) is 0 Å². The van der Waals surface area contributed by atoms with Gasteiger partial charge in [0.05, 0.1) is 6.61 Å². The summed E-state index contributed by atoms with van der Waals surface area (Å²) in [5.74, 6) is 0.357. The summed E-state index contributed by atoms with van der Waals surface area (Å²) in [7, 11) is 1.71. The highest BCUT2D eigenvalue weighted by Crippen LogP contribution is 2.12. The lowest BCUT2D eigenvalue weighted by atomic mass is 10.1. The second kappa shape index (κ2) is 8.13. The Hall–Kier alpha value is -1.06. The predicted octanol–water partition coefficient (Wildman–Crippen LogP) is 1.95. The molecule has 0 aliphatic rings. The Balaban J connectivity index is 2.03. The standard InChI is InChI=1S/C13H21NO2/c1-16-10-9-14-8-3-2-5-12-6-4-7-13(15)11-12/h4,6-7,11,14-15H,2-3,5,8-10H2,1H3. The second-order valence-electron chi connectivity index (χ2n) is 3.87. The SMILES string of the molecule is COCCNCCCCc1cccc(O)c1. The molecule has 0 spiro atoms. The summed E-state index contributed by atoms with van der Waals surface area (Å²) in [4.78, 5) is 0. The molecule has 0 amide bonds. The van der Waals surface area contributed by atoms with Crippen LogP contribution in [-0.2, 0) is 11.2 Å². The zero-order chi connectivity index (χ0) is 11.6. The molecule has 0 aromatic heterocycles. The highest BCUT2D eigenvalue weighted by Gasteiger charge is 1.95. The minimum absolute atomic E-state index is 0.357. The molecule has 0 saturated heterocycles. The highest BCUT2D eigenvalue weighted by molar-refractivity contribution is 5.27. The van der Waals surface area contributed by atoms with Crippen LogP contribution in [0.15, 0.2) is 24.3 Å². The zero-order valence-corrected chi connectivity index (χ0v) is 9.91. The topological polar surface area (TPSA) is 41.5 Å². The van der Waals surface area contributed by atoms with Crippen LogP contribution >= 0.6 is 0 Å². The Kier molecular flexibility index (Phi) is 6.61. The normalized spacial score (nSPS) is 10.6. The van der Waals surface area contributed by atoms with Crippen molar-refractivity contribution in [3.05, 3.63) is 29.8 Å². The summed E-state index contributed by atoms with van der Waals surface area (Å²) in [6.45, 7) is 2.72. The number of methoxy groups -OCH3 is 1. The van der Waals surface area contributed by atoms with Crippen molar-refractivity contribution in [2.24, 2.45) is 0 Å². The number of nitrogens with one attached hydrogen (secondary N) is 1. The molecule has 0 aliphatic carbocycles. The molecule has 2 N–H and O–H groups in total. The van der Waals surface area contributed by atoms with E-state index in [1.54, 1.807) is 13.2 Å². The lowest BCUT2D eigenvalue weighted by Gasteiger charge is -2.04. The molecule has 0 unspecified atom stereocenters. The van der Waals surface area contributed by atoms with Crippen LogP contribution in [0.2, 0.25) is 0 Å². The van der Waals surface area contributed by atoms with Crippen molar-refractivity contribution < 1.29 is 9.84 Å². The van der Waals surface area contributed by atoms with E-state index in [-0.39, 0.29) is 0 Å². The van der Waals surface area contributed by atoms with Crippen LogP contribution in [0.25, 0.3) is 0 Å². The minimum atomic E-state index is 0.357. The molecule has 1 aromatic rings. The average Bonchev–Trinajstić information content (AvgIpc) is 2.28. The third kappa shape index (κ3) is 5.73. The van der Waals surface area contributed by atoms with Crippen LogP contribution in [0.4, 0.5) is 0 Å². The van der Waals surface area contributed by atoms with Gasteiger partial charge in [0.1, 0.15) is 5.75 Å². The number of phenolic OH excluding ortho intramolecular Hbond substituents is 1. The molecule has 0 atom stereocenters. The monoisotopic (exact) mass is 223 g/mol. The molecule has 0 aliphatic heterocycles. The van der Waals surface area contributed by atoms with Crippen LogP contribution in [0.5, 0.6) is 5.75 Å². The van der Waals surface area contributed by atoms with E-state index in [4.69, 9.17) is 4.74 Å². The van der Waals surface area contributed by atoms with Crippen molar-refractivity contribution >= 4 is 0 Å². The van der Waals surface area contributed by atoms with Crippen molar-refractivity contribution in [2.45, 2.75) is 19.3 Å². The molecule has 0 saturated carbocycles. The van der Waals surface area contributed by atoms with Crippen LogP contribution < -0.4 is 5.32 Å². The molecule has 3 heteroatoms. The maximum Gasteiger partial charge on any atom is 0.115 e.